The van der Waals surface area contributed by atoms with E-state index in [2.05, 4.69) is 5.10 Å². The van der Waals surface area contributed by atoms with Crippen LogP contribution in [0.5, 0.6) is 0 Å². The molecule has 1 aliphatic heterocycles. The Morgan fingerprint density at radius 1 is 1.47 bits per heavy atom. The Balaban J connectivity index is 2.02. The van der Waals surface area contributed by atoms with E-state index in [4.69, 9.17) is 11.5 Å². The summed E-state index contributed by atoms with van der Waals surface area (Å²) in [7, 11) is 0. The number of aromatic nitrogens is 2. The van der Waals surface area contributed by atoms with Crippen LogP contribution < -0.4 is 11.5 Å². The summed E-state index contributed by atoms with van der Waals surface area (Å²) in [6.45, 7) is 2.51. The summed E-state index contributed by atoms with van der Waals surface area (Å²) in [6, 6.07) is 1.76. The third-order valence-electron chi connectivity index (χ3n) is 3.56. The van der Waals surface area contributed by atoms with Crippen LogP contribution in [-0.4, -0.2) is 39.1 Å². The molecule has 1 aromatic heterocycles. The van der Waals surface area contributed by atoms with Crippen LogP contribution in [0.15, 0.2) is 12.3 Å². The molecule has 1 aromatic rings. The van der Waals surface area contributed by atoms with Crippen molar-refractivity contribution in [2.45, 2.75) is 32.4 Å². The number of nitrogens with zero attached hydrogens (tertiary/aromatic N) is 3. The van der Waals surface area contributed by atoms with Gasteiger partial charge in [0.25, 0.3) is 0 Å². The van der Waals surface area contributed by atoms with Crippen LogP contribution in [0.2, 0.25) is 0 Å². The zero-order valence-corrected chi connectivity index (χ0v) is 11.0. The van der Waals surface area contributed by atoms with Gasteiger partial charge in [-0.15, -0.1) is 0 Å². The van der Waals surface area contributed by atoms with Gasteiger partial charge in [0, 0.05) is 18.8 Å². The molecular weight excluding hydrogens is 246 g/mol. The zero-order valence-electron chi connectivity index (χ0n) is 11.0. The van der Waals surface area contributed by atoms with Gasteiger partial charge < -0.3 is 16.4 Å². The predicted molar refractivity (Wildman–Crippen MR) is 69.7 cm³/mol. The lowest BCUT2D eigenvalue weighted by Gasteiger charge is -2.36. The van der Waals surface area contributed by atoms with E-state index in [0.717, 1.165) is 12.8 Å². The summed E-state index contributed by atoms with van der Waals surface area (Å²) in [5.41, 5.74) is 10.8. The van der Waals surface area contributed by atoms with Crippen molar-refractivity contribution in [1.29, 1.82) is 0 Å². The third-order valence-corrected chi connectivity index (χ3v) is 3.56. The topological polar surface area (TPSA) is 107 Å². The fourth-order valence-corrected chi connectivity index (χ4v) is 2.38. The standard InChI is InChI=1S/C12H19N5O2/c1-8-2-3-9(12(14)19)6-17(8)11(18)7-16-5-4-10(13)15-16/h4-5,8-9H,2-3,6-7H2,1H3,(H2,13,15)(H2,14,19). The SMILES string of the molecule is CC1CCC(C(N)=O)CN1C(=O)Cn1ccc(N)n1. The number of anilines is 1. The molecule has 0 aromatic carbocycles. The van der Waals surface area contributed by atoms with Crippen LogP contribution in [0.3, 0.4) is 0 Å². The quantitative estimate of drug-likeness (QED) is 0.773. The highest BCUT2D eigenvalue weighted by Crippen LogP contribution is 2.22. The second-order valence-electron chi connectivity index (χ2n) is 5.01. The molecule has 0 spiro atoms. The van der Waals surface area contributed by atoms with Crippen molar-refractivity contribution in [2.75, 3.05) is 12.3 Å². The molecule has 2 unspecified atom stereocenters. The highest BCUT2D eigenvalue weighted by atomic mass is 16.2. The molecule has 0 bridgehead atoms. The molecular formula is C12H19N5O2. The molecule has 1 saturated heterocycles. The number of nitrogen functional groups attached to an aromatic ring is 1. The van der Waals surface area contributed by atoms with Gasteiger partial charge in [0.05, 0.1) is 5.92 Å². The van der Waals surface area contributed by atoms with Gasteiger partial charge in [-0.1, -0.05) is 0 Å². The van der Waals surface area contributed by atoms with Gasteiger partial charge in [0.15, 0.2) is 0 Å². The van der Waals surface area contributed by atoms with Gasteiger partial charge in [-0.2, -0.15) is 5.10 Å². The Bertz CT molecular complexity index is 484. The van der Waals surface area contributed by atoms with Crippen molar-refractivity contribution >= 4 is 17.6 Å². The molecule has 0 radical (unpaired) electrons. The number of nitrogens with two attached hydrogens (primary N) is 2. The lowest BCUT2D eigenvalue weighted by Crippen LogP contribution is -2.49. The van der Waals surface area contributed by atoms with Gasteiger partial charge in [-0.25, -0.2) is 0 Å². The first-order valence-corrected chi connectivity index (χ1v) is 6.35. The molecule has 2 heterocycles. The molecule has 2 rings (SSSR count). The molecule has 104 valence electrons. The van der Waals surface area contributed by atoms with E-state index in [1.807, 2.05) is 6.92 Å². The maximum Gasteiger partial charge on any atom is 0.244 e. The fraction of sp³-hybridized carbons (Fsp3) is 0.583. The van der Waals surface area contributed by atoms with Crippen molar-refractivity contribution in [3.05, 3.63) is 12.3 Å². The first-order valence-electron chi connectivity index (χ1n) is 6.35. The van der Waals surface area contributed by atoms with E-state index in [1.54, 1.807) is 17.2 Å². The molecule has 7 nitrogen and oxygen atoms in total. The highest BCUT2D eigenvalue weighted by Gasteiger charge is 2.31. The van der Waals surface area contributed by atoms with Crippen molar-refractivity contribution in [3.63, 3.8) is 0 Å². The number of amides is 2. The van der Waals surface area contributed by atoms with Crippen LogP contribution in [0, 0.1) is 5.92 Å². The molecule has 1 fully saturated rings. The number of rotatable bonds is 3. The Morgan fingerprint density at radius 2 is 2.21 bits per heavy atom. The van der Waals surface area contributed by atoms with Gasteiger partial charge in [-0.05, 0) is 25.8 Å². The van der Waals surface area contributed by atoms with Crippen molar-refractivity contribution in [3.8, 4) is 0 Å². The van der Waals surface area contributed by atoms with E-state index < -0.39 is 0 Å². The Kier molecular flexibility index (Phi) is 3.73. The minimum absolute atomic E-state index is 0.0680. The summed E-state index contributed by atoms with van der Waals surface area (Å²) in [6.07, 6.45) is 3.20. The first kappa shape index (κ1) is 13.4. The summed E-state index contributed by atoms with van der Waals surface area (Å²) in [4.78, 5) is 25.2. The molecule has 7 heteroatoms. The van der Waals surface area contributed by atoms with Crippen LogP contribution in [0.25, 0.3) is 0 Å². The van der Waals surface area contributed by atoms with E-state index in [9.17, 15) is 9.59 Å². The van der Waals surface area contributed by atoms with Gasteiger partial charge in [0.2, 0.25) is 11.8 Å². The van der Waals surface area contributed by atoms with Gasteiger partial charge >= 0.3 is 0 Å². The molecule has 19 heavy (non-hydrogen) atoms. The number of hydrogen-bond acceptors (Lipinski definition) is 4. The van der Waals surface area contributed by atoms with Crippen LogP contribution in [0.4, 0.5) is 5.82 Å². The number of carbonyl (C=O) groups is 2. The number of piperidine rings is 1. The Hall–Kier alpha value is -2.05. The predicted octanol–water partition coefficient (Wildman–Crippen LogP) is -0.422. The van der Waals surface area contributed by atoms with Crippen LogP contribution in [0.1, 0.15) is 19.8 Å². The minimum Gasteiger partial charge on any atom is -0.382 e. The average molecular weight is 265 g/mol. The van der Waals surface area contributed by atoms with E-state index >= 15 is 0 Å². The molecule has 0 aliphatic carbocycles. The van der Waals surface area contributed by atoms with Crippen molar-refractivity contribution in [1.82, 2.24) is 14.7 Å². The van der Waals surface area contributed by atoms with Crippen molar-refractivity contribution < 1.29 is 9.59 Å². The minimum atomic E-state index is -0.340. The van der Waals surface area contributed by atoms with Crippen LogP contribution in [-0.2, 0) is 16.1 Å². The van der Waals surface area contributed by atoms with E-state index in [0.29, 0.717) is 12.4 Å². The van der Waals surface area contributed by atoms with Crippen LogP contribution >= 0.6 is 0 Å². The smallest absolute Gasteiger partial charge is 0.244 e. The van der Waals surface area contributed by atoms with Crippen molar-refractivity contribution in [2.24, 2.45) is 11.7 Å². The summed E-state index contributed by atoms with van der Waals surface area (Å²) >= 11 is 0. The van der Waals surface area contributed by atoms with E-state index in [-0.39, 0.29) is 30.3 Å². The lowest BCUT2D eigenvalue weighted by atomic mass is 9.93. The fourth-order valence-electron chi connectivity index (χ4n) is 2.38. The molecule has 2 amide bonds. The number of hydrogen-bond donors (Lipinski definition) is 2. The lowest BCUT2D eigenvalue weighted by molar-refractivity contribution is -0.138. The number of carbonyl (C=O) groups excluding carboxylic acids is 2. The molecule has 0 saturated carbocycles. The summed E-state index contributed by atoms with van der Waals surface area (Å²) in [5.74, 6) is -0.271. The Labute approximate surface area is 111 Å². The average Bonchev–Trinajstić information content (AvgIpc) is 2.74. The first-order chi connectivity index (χ1) is 8.97. The van der Waals surface area contributed by atoms with Gasteiger partial charge in [-0.3, -0.25) is 14.3 Å². The normalized spacial score (nSPS) is 23.3. The second-order valence-corrected chi connectivity index (χ2v) is 5.01. The maximum atomic E-state index is 12.2. The van der Waals surface area contributed by atoms with E-state index in [1.165, 1.54) is 4.68 Å². The monoisotopic (exact) mass is 265 g/mol. The third kappa shape index (κ3) is 3.04. The summed E-state index contributed by atoms with van der Waals surface area (Å²) < 4.78 is 1.50. The highest BCUT2D eigenvalue weighted by molar-refractivity contribution is 5.80. The molecule has 2 atom stereocenters. The number of likely N-dealkylation sites (tertiary alicyclic amines) is 1. The second kappa shape index (κ2) is 5.29. The van der Waals surface area contributed by atoms with Gasteiger partial charge in [0.1, 0.15) is 12.4 Å². The molecule has 4 N–H and O–H groups in total. The number of primary amides is 1. The Morgan fingerprint density at radius 3 is 2.79 bits per heavy atom. The summed E-state index contributed by atoms with van der Waals surface area (Å²) in [5, 5.41) is 3.98. The molecule has 1 aliphatic rings. The maximum absolute atomic E-state index is 12.2. The zero-order chi connectivity index (χ0) is 14.0. The largest absolute Gasteiger partial charge is 0.382 e.